The second kappa shape index (κ2) is 3.90. The van der Waals surface area contributed by atoms with Gasteiger partial charge in [-0.1, -0.05) is 0 Å². The van der Waals surface area contributed by atoms with E-state index in [0.717, 1.165) is 0 Å². The van der Waals surface area contributed by atoms with Crippen LogP contribution < -0.4 is 10.9 Å². The van der Waals surface area contributed by atoms with Crippen molar-refractivity contribution >= 4 is 36.2 Å². The molecule has 2 amide bonds. The molecule has 1 fully saturated rings. The van der Waals surface area contributed by atoms with Gasteiger partial charge in [0, 0.05) is 0 Å². The van der Waals surface area contributed by atoms with Crippen LogP contribution in [0.5, 0.6) is 0 Å². The van der Waals surface area contributed by atoms with Gasteiger partial charge in [0.1, 0.15) is 0 Å². The number of hydrogen-bond acceptors (Lipinski definition) is 3. The number of rotatable bonds is 1. The molecule has 1 aromatic carbocycles. The van der Waals surface area contributed by atoms with Crippen molar-refractivity contribution in [3.05, 3.63) is 34.4 Å². The van der Waals surface area contributed by atoms with Crippen LogP contribution in [0.15, 0.2) is 23.0 Å². The molecule has 2 heterocycles. The average Bonchev–Trinajstić information content (AvgIpc) is 2.79. The summed E-state index contributed by atoms with van der Waals surface area (Å²) in [4.78, 5) is 34.8. The van der Waals surface area contributed by atoms with Crippen molar-refractivity contribution in [1.82, 2.24) is 8.88 Å². The normalized spacial score (nSPS) is 19.5. The Hall–Kier alpha value is -1.72. The Morgan fingerprint density at radius 1 is 1.33 bits per heavy atom. The van der Waals surface area contributed by atoms with Gasteiger partial charge >= 0.3 is 106 Å². The number of nitrogens with one attached hydrogen (secondary N) is 1. The first kappa shape index (κ1) is 11.4. The summed E-state index contributed by atoms with van der Waals surface area (Å²) < 4.78 is 15.1. The van der Waals surface area contributed by atoms with Crippen LogP contribution in [0.1, 0.15) is 12.5 Å². The average molecular weight is 313 g/mol. The molecule has 1 aliphatic heterocycles. The third-order valence-corrected chi connectivity index (χ3v) is 5.21. The van der Waals surface area contributed by atoms with E-state index in [4.69, 9.17) is 0 Å². The predicted molar refractivity (Wildman–Crippen MR) is 61.9 cm³/mol. The first-order chi connectivity index (χ1) is 8.56. The zero-order valence-corrected chi connectivity index (χ0v) is 10.7. The Morgan fingerprint density at radius 2 is 2.11 bits per heavy atom. The second-order valence-corrected chi connectivity index (χ2v) is 6.13. The summed E-state index contributed by atoms with van der Waals surface area (Å²) in [6.07, 6.45) is -0.0111. The summed E-state index contributed by atoms with van der Waals surface area (Å²) in [5.41, 5.74) is -0.306. The Labute approximate surface area is 106 Å². The summed E-state index contributed by atoms with van der Waals surface area (Å²) in [7, 11) is 0. The van der Waals surface area contributed by atoms with Gasteiger partial charge in [0.05, 0.1) is 0 Å². The van der Waals surface area contributed by atoms with E-state index >= 15 is 0 Å². The molecule has 1 aromatic heterocycles. The van der Waals surface area contributed by atoms with Crippen LogP contribution in [-0.2, 0) is 9.59 Å². The zero-order valence-electron chi connectivity index (χ0n) is 8.97. The van der Waals surface area contributed by atoms with Crippen LogP contribution >= 0.6 is 0 Å². The number of hydrogen-bond donors (Lipinski definition) is 1. The Kier molecular flexibility index (Phi) is 2.46. The molecule has 0 saturated carbocycles. The van der Waals surface area contributed by atoms with Crippen molar-refractivity contribution in [2.45, 2.75) is 12.5 Å². The minimum absolute atomic E-state index is 0.0111. The number of carbonyl (C=O) groups excluding carboxylic acids is 2. The van der Waals surface area contributed by atoms with Gasteiger partial charge in [-0.2, -0.15) is 0 Å². The van der Waals surface area contributed by atoms with Crippen LogP contribution in [0, 0.1) is 5.82 Å². The van der Waals surface area contributed by atoms with Crippen molar-refractivity contribution in [2.24, 2.45) is 0 Å². The van der Waals surface area contributed by atoms with Crippen molar-refractivity contribution < 1.29 is 14.0 Å². The molecule has 2 aromatic rings. The van der Waals surface area contributed by atoms with Gasteiger partial charge in [0.2, 0.25) is 0 Å². The molecule has 7 heteroatoms. The molecular formula is C11H7FN2O3Se. The zero-order chi connectivity index (χ0) is 12.9. The summed E-state index contributed by atoms with van der Waals surface area (Å²) in [5, 5.41) is 2.59. The third kappa shape index (κ3) is 1.63. The van der Waals surface area contributed by atoms with Crippen molar-refractivity contribution in [1.29, 1.82) is 0 Å². The van der Waals surface area contributed by atoms with Crippen LogP contribution in [-0.4, -0.2) is 30.1 Å². The topological polar surface area (TPSA) is 68.2 Å². The Balaban J connectivity index is 2.18. The van der Waals surface area contributed by atoms with Gasteiger partial charge in [0.15, 0.2) is 0 Å². The van der Waals surface area contributed by atoms with Crippen molar-refractivity contribution in [3.8, 4) is 0 Å². The molecule has 1 aliphatic rings. The molecule has 92 valence electrons. The molecule has 0 spiro atoms. The summed E-state index contributed by atoms with van der Waals surface area (Å²) in [5.74, 6) is -1.24. The maximum absolute atomic E-state index is 13.1. The van der Waals surface area contributed by atoms with E-state index in [1.54, 1.807) is 0 Å². The monoisotopic (exact) mass is 314 g/mol. The second-order valence-electron chi connectivity index (χ2n) is 4.00. The molecule has 5 nitrogen and oxygen atoms in total. The number of halogens is 1. The predicted octanol–water partition coefficient (Wildman–Crippen LogP) is -0.215. The molecule has 0 bridgehead atoms. The van der Waals surface area contributed by atoms with E-state index in [9.17, 15) is 18.8 Å². The fraction of sp³-hybridized carbons (Fsp3) is 0.182. The number of aromatic nitrogens is 1. The van der Waals surface area contributed by atoms with Crippen LogP contribution in [0.4, 0.5) is 4.39 Å². The van der Waals surface area contributed by atoms with E-state index in [0.29, 0.717) is 9.65 Å². The van der Waals surface area contributed by atoms with Gasteiger partial charge in [0.25, 0.3) is 0 Å². The first-order valence-corrected chi connectivity index (χ1v) is 6.83. The van der Waals surface area contributed by atoms with E-state index in [1.807, 2.05) is 0 Å². The molecule has 1 N–H and O–H groups in total. The molecule has 1 saturated heterocycles. The fourth-order valence-corrected chi connectivity index (χ4v) is 4.28. The van der Waals surface area contributed by atoms with Gasteiger partial charge < -0.3 is 0 Å². The van der Waals surface area contributed by atoms with E-state index < -0.39 is 32.5 Å². The molecule has 1 atom stereocenters. The van der Waals surface area contributed by atoms with Crippen LogP contribution in [0.3, 0.4) is 0 Å². The summed E-state index contributed by atoms with van der Waals surface area (Å²) in [6, 6.07) is 3.20. The fourth-order valence-electron chi connectivity index (χ4n) is 1.95. The third-order valence-electron chi connectivity index (χ3n) is 2.80. The summed E-state index contributed by atoms with van der Waals surface area (Å²) in [6.45, 7) is 0. The Bertz CT molecular complexity index is 733. The number of carbonyl (C=O) groups is 2. The van der Waals surface area contributed by atoms with E-state index in [-0.39, 0.29) is 17.9 Å². The van der Waals surface area contributed by atoms with Crippen LogP contribution in [0.25, 0.3) is 9.65 Å². The Morgan fingerprint density at radius 3 is 2.78 bits per heavy atom. The number of imide groups is 1. The SMILES string of the molecule is O=C1CC(n2[se]c3cc(F)ccc3c2=O)C(=O)N1. The standard InChI is InChI=1S/C11H7FN2O3Se/c12-5-1-2-6-8(3-5)18-14(11(6)17)7-4-9(15)13-10(7)16/h1-3,7H,4H2,(H,13,15,16). The quantitative estimate of drug-likeness (QED) is 0.585. The summed E-state index contributed by atoms with van der Waals surface area (Å²) >= 11 is -0.457. The van der Waals surface area contributed by atoms with Crippen LogP contribution in [0.2, 0.25) is 0 Å². The van der Waals surface area contributed by atoms with Gasteiger partial charge in [-0.3, -0.25) is 0 Å². The molecule has 3 rings (SSSR count). The molecule has 0 radical (unpaired) electrons. The molecule has 18 heavy (non-hydrogen) atoms. The maximum atomic E-state index is 13.1. The number of benzene rings is 1. The molecular weight excluding hydrogens is 306 g/mol. The van der Waals surface area contributed by atoms with Gasteiger partial charge in [-0.15, -0.1) is 0 Å². The van der Waals surface area contributed by atoms with Gasteiger partial charge in [-0.05, 0) is 0 Å². The van der Waals surface area contributed by atoms with Crippen molar-refractivity contribution in [3.63, 3.8) is 0 Å². The van der Waals surface area contributed by atoms with E-state index in [2.05, 4.69) is 5.32 Å². The van der Waals surface area contributed by atoms with Crippen molar-refractivity contribution in [2.75, 3.05) is 0 Å². The molecule has 0 aliphatic carbocycles. The number of amides is 2. The van der Waals surface area contributed by atoms with Gasteiger partial charge in [-0.25, -0.2) is 0 Å². The number of fused-ring (bicyclic) bond motifs is 1. The molecule has 1 unspecified atom stereocenters. The first-order valence-electron chi connectivity index (χ1n) is 5.21. The minimum atomic E-state index is -0.750. The number of nitrogens with zero attached hydrogens (tertiary/aromatic N) is 1. The van der Waals surface area contributed by atoms with E-state index in [1.165, 1.54) is 21.8 Å².